The van der Waals surface area contributed by atoms with E-state index < -0.39 is 11.7 Å². The van der Waals surface area contributed by atoms with Crippen LogP contribution in [0.4, 0.5) is 24.7 Å². The third kappa shape index (κ3) is 5.96. The minimum atomic E-state index is -4.46. The van der Waals surface area contributed by atoms with Gasteiger partial charge in [-0.3, -0.25) is 4.90 Å². The van der Waals surface area contributed by atoms with E-state index in [4.69, 9.17) is 5.10 Å². The summed E-state index contributed by atoms with van der Waals surface area (Å²) in [6.45, 7) is 6.60. The Morgan fingerprint density at radius 2 is 1.75 bits per heavy atom. The van der Waals surface area contributed by atoms with Gasteiger partial charge < -0.3 is 10.2 Å². The van der Waals surface area contributed by atoms with Gasteiger partial charge in [0.2, 0.25) is 0 Å². The lowest BCUT2D eigenvalue weighted by Gasteiger charge is -2.34. The standard InChI is InChI=1S/C30H30F3N7/c1-2-38-13-15-39(16-14-38)20-23-6-7-24(18-26(23)30(31,32)33)36-28-17-21(11-12-34-28)3-8-25-19-35-29-10-9-27(22-4-5-22)37-40(25)29/h6-7,9-12,17-19,22H,2,4-5,13-16,20H2,1H3,(H,34,36). The van der Waals surface area contributed by atoms with Crippen molar-refractivity contribution >= 4 is 17.2 Å². The van der Waals surface area contributed by atoms with E-state index in [1.54, 1.807) is 41.2 Å². The molecule has 1 saturated carbocycles. The average Bonchev–Trinajstić information content (AvgIpc) is 3.73. The molecular formula is C30H30F3N7. The van der Waals surface area contributed by atoms with Gasteiger partial charge in [0.05, 0.1) is 17.5 Å². The number of hydrogen-bond donors (Lipinski definition) is 1. The summed E-state index contributed by atoms with van der Waals surface area (Å²) in [7, 11) is 0. The fraction of sp³-hybridized carbons (Fsp3) is 0.367. The molecule has 2 aliphatic rings. The largest absolute Gasteiger partial charge is 0.416 e. The number of fused-ring (bicyclic) bond motifs is 1. The van der Waals surface area contributed by atoms with Crippen LogP contribution in [0.2, 0.25) is 0 Å². The predicted octanol–water partition coefficient (Wildman–Crippen LogP) is 5.30. The zero-order valence-corrected chi connectivity index (χ0v) is 22.2. The van der Waals surface area contributed by atoms with Crippen LogP contribution >= 0.6 is 0 Å². The first kappa shape index (κ1) is 26.3. The molecule has 7 nitrogen and oxygen atoms in total. The monoisotopic (exact) mass is 545 g/mol. The van der Waals surface area contributed by atoms with Crippen LogP contribution < -0.4 is 5.32 Å². The Hall–Kier alpha value is -3.94. The smallest absolute Gasteiger partial charge is 0.340 e. The highest BCUT2D eigenvalue weighted by Crippen LogP contribution is 2.39. The second-order valence-corrected chi connectivity index (χ2v) is 10.3. The van der Waals surface area contributed by atoms with Gasteiger partial charge in [0.1, 0.15) is 11.5 Å². The maximum absolute atomic E-state index is 14.0. The molecule has 1 aliphatic carbocycles. The van der Waals surface area contributed by atoms with E-state index in [-0.39, 0.29) is 12.1 Å². The topological polar surface area (TPSA) is 61.6 Å². The quantitative estimate of drug-likeness (QED) is 0.332. The molecule has 0 unspecified atom stereocenters. The van der Waals surface area contributed by atoms with Gasteiger partial charge in [0.15, 0.2) is 5.65 Å². The molecule has 0 amide bonds. The molecule has 4 aromatic rings. The Balaban J connectivity index is 1.19. The van der Waals surface area contributed by atoms with E-state index in [0.29, 0.717) is 28.7 Å². The van der Waals surface area contributed by atoms with Crippen LogP contribution in [0.1, 0.15) is 53.8 Å². The van der Waals surface area contributed by atoms with Gasteiger partial charge in [-0.1, -0.05) is 18.9 Å². The Morgan fingerprint density at radius 3 is 2.50 bits per heavy atom. The molecular weight excluding hydrogens is 515 g/mol. The Bertz CT molecular complexity index is 1570. The highest BCUT2D eigenvalue weighted by atomic mass is 19.4. The second kappa shape index (κ2) is 10.9. The van der Waals surface area contributed by atoms with Crippen molar-refractivity contribution in [2.75, 3.05) is 38.0 Å². The maximum atomic E-state index is 14.0. The van der Waals surface area contributed by atoms with E-state index in [9.17, 15) is 13.2 Å². The first-order valence-electron chi connectivity index (χ1n) is 13.6. The molecule has 10 heteroatoms. The molecule has 4 heterocycles. The van der Waals surface area contributed by atoms with E-state index >= 15 is 0 Å². The number of nitrogens with zero attached hydrogens (tertiary/aromatic N) is 6. The first-order valence-corrected chi connectivity index (χ1v) is 13.6. The molecule has 1 saturated heterocycles. The molecule has 0 spiro atoms. The number of hydrogen-bond acceptors (Lipinski definition) is 6. The Labute approximate surface area is 231 Å². The van der Waals surface area contributed by atoms with E-state index in [2.05, 4.69) is 43.8 Å². The fourth-order valence-electron chi connectivity index (χ4n) is 4.99. The maximum Gasteiger partial charge on any atom is 0.416 e. The van der Waals surface area contributed by atoms with E-state index in [0.717, 1.165) is 56.9 Å². The molecule has 1 aromatic carbocycles. The third-order valence-corrected chi connectivity index (χ3v) is 7.47. The number of benzene rings is 1. The van der Waals surface area contributed by atoms with Crippen molar-refractivity contribution < 1.29 is 13.2 Å². The number of nitrogens with one attached hydrogen (secondary N) is 1. The van der Waals surface area contributed by atoms with Crippen molar-refractivity contribution in [3.05, 3.63) is 82.9 Å². The van der Waals surface area contributed by atoms with Crippen LogP contribution in [0.25, 0.3) is 5.65 Å². The number of pyridine rings is 1. The summed E-state index contributed by atoms with van der Waals surface area (Å²) in [6, 6.07) is 11.8. The molecule has 3 aromatic heterocycles. The van der Waals surface area contributed by atoms with Crippen molar-refractivity contribution in [1.82, 2.24) is 29.4 Å². The van der Waals surface area contributed by atoms with Crippen molar-refractivity contribution in [3.8, 4) is 11.8 Å². The molecule has 0 atom stereocenters. The molecule has 206 valence electrons. The van der Waals surface area contributed by atoms with Crippen LogP contribution in [0, 0.1) is 11.8 Å². The average molecular weight is 546 g/mol. The van der Waals surface area contributed by atoms with Crippen molar-refractivity contribution in [1.29, 1.82) is 0 Å². The molecule has 0 radical (unpaired) electrons. The van der Waals surface area contributed by atoms with E-state index in [1.807, 2.05) is 12.1 Å². The van der Waals surface area contributed by atoms with Gasteiger partial charge in [-0.15, -0.1) is 0 Å². The Kier molecular flexibility index (Phi) is 7.17. The summed E-state index contributed by atoms with van der Waals surface area (Å²) in [5.41, 5.74) is 3.10. The number of rotatable bonds is 6. The zero-order valence-electron chi connectivity index (χ0n) is 22.2. The first-order chi connectivity index (χ1) is 19.4. The van der Waals surface area contributed by atoms with Crippen molar-refractivity contribution in [2.24, 2.45) is 0 Å². The van der Waals surface area contributed by atoms with Crippen LogP contribution in [0.3, 0.4) is 0 Å². The zero-order chi connectivity index (χ0) is 27.7. The number of piperazine rings is 1. The molecule has 6 rings (SSSR count). The van der Waals surface area contributed by atoms with E-state index in [1.165, 1.54) is 6.07 Å². The Morgan fingerprint density at radius 1 is 0.950 bits per heavy atom. The SMILES string of the molecule is CCN1CCN(Cc2ccc(Nc3cc(C#Cc4cnc5ccc(C6CC6)nn45)ccn3)cc2C(F)(F)F)CC1. The van der Waals surface area contributed by atoms with Crippen LogP contribution in [-0.2, 0) is 12.7 Å². The number of aromatic nitrogens is 4. The third-order valence-electron chi connectivity index (χ3n) is 7.47. The highest BCUT2D eigenvalue weighted by Gasteiger charge is 2.34. The number of anilines is 2. The van der Waals surface area contributed by atoms with Gasteiger partial charge in [0.25, 0.3) is 0 Å². The number of likely N-dealkylation sites (N-methyl/N-ethyl adjacent to an activating group) is 1. The summed E-state index contributed by atoms with van der Waals surface area (Å²) < 4.78 is 43.8. The molecule has 2 fully saturated rings. The molecule has 0 bridgehead atoms. The van der Waals surface area contributed by atoms with Crippen LogP contribution in [0.5, 0.6) is 0 Å². The summed E-state index contributed by atoms with van der Waals surface area (Å²) >= 11 is 0. The molecule has 1 N–H and O–H groups in total. The number of halogens is 3. The highest BCUT2D eigenvalue weighted by molar-refractivity contribution is 5.60. The lowest BCUT2D eigenvalue weighted by molar-refractivity contribution is -0.138. The molecule has 1 aliphatic heterocycles. The summed E-state index contributed by atoms with van der Waals surface area (Å²) in [4.78, 5) is 13.1. The van der Waals surface area contributed by atoms with Gasteiger partial charge in [-0.05, 0) is 67.3 Å². The van der Waals surface area contributed by atoms with Gasteiger partial charge >= 0.3 is 6.18 Å². The summed E-state index contributed by atoms with van der Waals surface area (Å²) in [5.74, 6) is 7.16. The van der Waals surface area contributed by atoms with Crippen LogP contribution in [0.15, 0.2) is 54.9 Å². The minimum Gasteiger partial charge on any atom is -0.340 e. The molecule has 40 heavy (non-hydrogen) atoms. The van der Waals surface area contributed by atoms with Gasteiger partial charge in [-0.25, -0.2) is 14.5 Å². The predicted molar refractivity (Wildman–Crippen MR) is 147 cm³/mol. The number of alkyl halides is 3. The summed E-state index contributed by atoms with van der Waals surface area (Å²) in [5, 5.41) is 7.71. The number of imidazole rings is 1. The fourth-order valence-corrected chi connectivity index (χ4v) is 4.99. The van der Waals surface area contributed by atoms with Gasteiger partial charge in [0, 0.05) is 56.1 Å². The van der Waals surface area contributed by atoms with Crippen LogP contribution in [-0.4, -0.2) is 62.1 Å². The second-order valence-electron chi connectivity index (χ2n) is 10.3. The van der Waals surface area contributed by atoms with Gasteiger partial charge in [-0.2, -0.15) is 18.3 Å². The lowest BCUT2D eigenvalue weighted by atomic mass is 10.0. The normalized spacial score (nSPS) is 16.6. The van der Waals surface area contributed by atoms with Crippen molar-refractivity contribution in [2.45, 2.75) is 38.4 Å². The summed E-state index contributed by atoms with van der Waals surface area (Å²) in [6.07, 6.45) is 1.13. The van der Waals surface area contributed by atoms with Crippen molar-refractivity contribution in [3.63, 3.8) is 0 Å². The lowest BCUT2D eigenvalue weighted by Crippen LogP contribution is -2.45. The minimum absolute atomic E-state index is 0.274.